The molecule has 0 aromatic carbocycles. The summed E-state index contributed by atoms with van der Waals surface area (Å²) >= 11 is 0. The highest BCUT2D eigenvalue weighted by Gasteiger charge is 2.17. The molecule has 0 atom stereocenters. The van der Waals surface area contributed by atoms with Crippen molar-refractivity contribution in [2.75, 3.05) is 19.6 Å². The Kier molecular flexibility index (Phi) is 6.74. The van der Waals surface area contributed by atoms with Crippen molar-refractivity contribution < 1.29 is 18.7 Å². The maximum absolute atomic E-state index is 12.8. The van der Waals surface area contributed by atoms with Gasteiger partial charge in [0, 0.05) is 31.4 Å². The first-order valence-electron chi connectivity index (χ1n) is 7.24. The highest BCUT2D eigenvalue weighted by molar-refractivity contribution is 6.13. The van der Waals surface area contributed by atoms with Crippen molar-refractivity contribution in [3.05, 3.63) is 23.2 Å². The Morgan fingerprint density at radius 1 is 1.52 bits per heavy atom. The van der Waals surface area contributed by atoms with Crippen LogP contribution in [-0.4, -0.2) is 43.5 Å². The van der Waals surface area contributed by atoms with E-state index in [1.807, 2.05) is 0 Å². The molecule has 8 heteroatoms. The standard InChI is InChI=1S/C15H23FN4O3/c1-15(2,3)23-14(22)20-8-10(6-16)7-18-9-11-12(17)4-5-19-13(11)21/h6,9H,4-5,7-8,17H2,1-3H3,(H,19,21)(H,20,22)/b10-6-,18-9?. The molecule has 1 aliphatic heterocycles. The van der Waals surface area contributed by atoms with Gasteiger partial charge in [-0.15, -0.1) is 0 Å². The number of nitrogens with two attached hydrogens (primary N) is 1. The smallest absolute Gasteiger partial charge is 0.407 e. The van der Waals surface area contributed by atoms with Gasteiger partial charge in [0.1, 0.15) is 5.60 Å². The van der Waals surface area contributed by atoms with Crippen molar-refractivity contribution in [3.63, 3.8) is 0 Å². The molecule has 0 saturated heterocycles. The molecule has 1 aliphatic rings. The largest absolute Gasteiger partial charge is 0.444 e. The number of hydrogen-bond donors (Lipinski definition) is 3. The molecular formula is C15H23FN4O3. The molecule has 0 aromatic rings. The van der Waals surface area contributed by atoms with Crippen LogP contribution >= 0.6 is 0 Å². The number of hydrogen-bond acceptors (Lipinski definition) is 5. The average molecular weight is 326 g/mol. The lowest BCUT2D eigenvalue weighted by Gasteiger charge is -2.19. The van der Waals surface area contributed by atoms with E-state index in [1.165, 1.54) is 6.21 Å². The number of halogens is 1. The molecule has 23 heavy (non-hydrogen) atoms. The summed E-state index contributed by atoms with van der Waals surface area (Å²) in [6.45, 7) is 5.65. The van der Waals surface area contributed by atoms with E-state index >= 15 is 0 Å². The molecule has 1 rings (SSSR count). The zero-order valence-corrected chi connectivity index (χ0v) is 13.6. The van der Waals surface area contributed by atoms with Gasteiger partial charge in [0.2, 0.25) is 0 Å². The molecular weight excluding hydrogens is 303 g/mol. The van der Waals surface area contributed by atoms with Crippen molar-refractivity contribution in [1.82, 2.24) is 10.6 Å². The van der Waals surface area contributed by atoms with E-state index in [-0.39, 0.29) is 30.1 Å². The van der Waals surface area contributed by atoms with Crippen molar-refractivity contribution in [2.45, 2.75) is 32.8 Å². The van der Waals surface area contributed by atoms with Gasteiger partial charge in [-0.25, -0.2) is 9.18 Å². The lowest BCUT2D eigenvalue weighted by molar-refractivity contribution is -0.117. The number of amides is 2. The van der Waals surface area contributed by atoms with Crippen LogP contribution in [0.3, 0.4) is 0 Å². The average Bonchev–Trinajstić information content (AvgIpc) is 2.43. The van der Waals surface area contributed by atoms with Gasteiger partial charge in [0.25, 0.3) is 5.91 Å². The minimum absolute atomic E-state index is 0.00361. The van der Waals surface area contributed by atoms with Crippen LogP contribution in [0.4, 0.5) is 9.18 Å². The number of alkyl carbamates (subject to hydrolysis) is 1. The van der Waals surface area contributed by atoms with Crippen LogP contribution in [0.1, 0.15) is 27.2 Å². The number of carbonyl (C=O) groups excluding carboxylic acids is 2. The van der Waals surface area contributed by atoms with Gasteiger partial charge in [-0.1, -0.05) is 0 Å². The second kappa shape index (κ2) is 8.30. The van der Waals surface area contributed by atoms with E-state index in [0.29, 0.717) is 25.0 Å². The van der Waals surface area contributed by atoms with Gasteiger partial charge in [0.15, 0.2) is 0 Å². The molecule has 0 radical (unpaired) electrons. The summed E-state index contributed by atoms with van der Waals surface area (Å²) in [4.78, 5) is 27.1. The van der Waals surface area contributed by atoms with E-state index < -0.39 is 11.7 Å². The Morgan fingerprint density at radius 3 is 2.78 bits per heavy atom. The lowest BCUT2D eigenvalue weighted by atomic mass is 10.1. The summed E-state index contributed by atoms with van der Waals surface area (Å²) in [5.41, 5.74) is 6.10. The van der Waals surface area contributed by atoms with Gasteiger partial charge in [-0.05, 0) is 26.3 Å². The Morgan fingerprint density at radius 2 is 2.22 bits per heavy atom. The third-order valence-corrected chi connectivity index (χ3v) is 2.80. The number of nitrogens with one attached hydrogen (secondary N) is 2. The van der Waals surface area contributed by atoms with Crippen molar-refractivity contribution in [1.29, 1.82) is 0 Å². The molecule has 0 spiro atoms. The highest BCUT2D eigenvalue weighted by atomic mass is 19.1. The van der Waals surface area contributed by atoms with Gasteiger partial charge >= 0.3 is 6.09 Å². The Bertz CT molecular complexity index is 547. The normalized spacial score (nSPS) is 16.5. The first-order valence-corrected chi connectivity index (χ1v) is 7.24. The fourth-order valence-corrected chi connectivity index (χ4v) is 1.71. The molecule has 0 aromatic heterocycles. The number of nitrogens with zero attached hydrogens (tertiary/aromatic N) is 1. The van der Waals surface area contributed by atoms with E-state index in [2.05, 4.69) is 15.6 Å². The zero-order valence-electron chi connectivity index (χ0n) is 13.6. The molecule has 1 heterocycles. The SMILES string of the molecule is CC(C)(C)OC(=O)NC/C(=C\F)CN=CC1=C(N)CCNC1=O. The fraction of sp³-hybridized carbons (Fsp3) is 0.533. The zero-order chi connectivity index (χ0) is 17.5. The van der Waals surface area contributed by atoms with Crippen LogP contribution in [0, 0.1) is 0 Å². The number of rotatable bonds is 5. The third kappa shape index (κ3) is 6.94. The van der Waals surface area contributed by atoms with Crippen molar-refractivity contribution in [3.8, 4) is 0 Å². The van der Waals surface area contributed by atoms with E-state index in [1.54, 1.807) is 20.8 Å². The Balaban J connectivity index is 2.50. The fourth-order valence-electron chi connectivity index (χ4n) is 1.71. The number of aliphatic imine (C=N–C) groups is 1. The van der Waals surface area contributed by atoms with Gasteiger partial charge in [0.05, 0.1) is 18.4 Å². The first-order chi connectivity index (χ1) is 10.7. The van der Waals surface area contributed by atoms with Crippen LogP contribution in [0.5, 0.6) is 0 Å². The summed E-state index contributed by atoms with van der Waals surface area (Å²) in [5, 5.41) is 5.08. The second-order valence-corrected chi connectivity index (χ2v) is 6.04. The molecule has 7 nitrogen and oxygen atoms in total. The van der Waals surface area contributed by atoms with E-state index in [0.717, 1.165) is 0 Å². The van der Waals surface area contributed by atoms with E-state index in [9.17, 15) is 14.0 Å². The van der Waals surface area contributed by atoms with Crippen molar-refractivity contribution >= 4 is 18.2 Å². The summed E-state index contributed by atoms with van der Waals surface area (Å²) in [5.74, 6) is -0.296. The van der Waals surface area contributed by atoms with Crippen LogP contribution < -0.4 is 16.4 Å². The molecule has 4 N–H and O–H groups in total. The highest BCUT2D eigenvalue weighted by Crippen LogP contribution is 2.08. The molecule has 2 amide bonds. The van der Waals surface area contributed by atoms with Gasteiger partial charge in [-0.2, -0.15) is 0 Å². The van der Waals surface area contributed by atoms with Crippen LogP contribution in [0.25, 0.3) is 0 Å². The monoisotopic (exact) mass is 326 g/mol. The van der Waals surface area contributed by atoms with Crippen LogP contribution in [0.15, 0.2) is 28.2 Å². The molecule has 0 aliphatic carbocycles. The summed E-state index contributed by atoms with van der Waals surface area (Å²) in [7, 11) is 0. The summed E-state index contributed by atoms with van der Waals surface area (Å²) in [6.07, 6.45) is 1.60. The number of ether oxygens (including phenoxy) is 1. The summed E-state index contributed by atoms with van der Waals surface area (Å²) < 4.78 is 17.9. The Hall–Kier alpha value is -2.38. The van der Waals surface area contributed by atoms with Crippen LogP contribution in [-0.2, 0) is 9.53 Å². The third-order valence-electron chi connectivity index (χ3n) is 2.80. The Labute approximate surface area is 134 Å². The lowest BCUT2D eigenvalue weighted by Crippen LogP contribution is -2.34. The summed E-state index contributed by atoms with van der Waals surface area (Å²) in [6, 6.07) is 0. The molecule has 0 fully saturated rings. The van der Waals surface area contributed by atoms with Gasteiger partial charge in [-0.3, -0.25) is 9.79 Å². The maximum atomic E-state index is 12.8. The second-order valence-electron chi connectivity index (χ2n) is 6.04. The van der Waals surface area contributed by atoms with Crippen molar-refractivity contribution in [2.24, 2.45) is 10.7 Å². The van der Waals surface area contributed by atoms with E-state index in [4.69, 9.17) is 10.5 Å². The predicted molar refractivity (Wildman–Crippen MR) is 85.6 cm³/mol. The quantitative estimate of drug-likeness (QED) is 0.659. The predicted octanol–water partition coefficient (Wildman–Crippen LogP) is 1.17. The minimum atomic E-state index is -0.639. The molecule has 0 bridgehead atoms. The molecule has 0 unspecified atom stereocenters. The molecule has 128 valence electrons. The first kappa shape index (κ1) is 18.7. The number of carbonyl (C=O) groups is 2. The maximum Gasteiger partial charge on any atom is 0.407 e. The van der Waals surface area contributed by atoms with Gasteiger partial charge < -0.3 is 21.1 Å². The van der Waals surface area contributed by atoms with Crippen LogP contribution in [0.2, 0.25) is 0 Å². The topological polar surface area (TPSA) is 106 Å². The minimum Gasteiger partial charge on any atom is -0.444 e. The molecule has 0 saturated carbocycles.